The summed E-state index contributed by atoms with van der Waals surface area (Å²) in [6.07, 6.45) is 0. The van der Waals surface area contributed by atoms with E-state index in [1.165, 1.54) is 0 Å². The molecule has 0 aromatic rings. The summed E-state index contributed by atoms with van der Waals surface area (Å²) in [5.74, 6) is 0.683. The fraction of sp³-hybridized carbons (Fsp3) is 1.00. The van der Waals surface area contributed by atoms with E-state index in [4.69, 9.17) is 4.74 Å². The zero-order valence-corrected chi connectivity index (χ0v) is 7.18. The average molecular weight is 156 g/mol. The monoisotopic (exact) mass is 156 g/mol. The third-order valence-corrected chi connectivity index (χ3v) is 2.53. The van der Waals surface area contributed by atoms with Crippen LogP contribution in [0, 0.1) is 5.92 Å². The Morgan fingerprint density at radius 1 is 1.36 bits per heavy atom. The van der Waals surface area contributed by atoms with Crippen molar-refractivity contribution in [2.24, 2.45) is 5.92 Å². The largest absolute Gasteiger partial charge is 0.361 e. The van der Waals surface area contributed by atoms with E-state index in [1.807, 2.05) is 0 Å². The fourth-order valence-corrected chi connectivity index (χ4v) is 1.88. The second-order valence-electron chi connectivity index (χ2n) is 3.99. The highest BCUT2D eigenvalue weighted by molar-refractivity contribution is 4.92. The van der Waals surface area contributed by atoms with Crippen LogP contribution >= 0.6 is 0 Å². The van der Waals surface area contributed by atoms with Gasteiger partial charge in [-0.25, -0.2) is 0 Å². The Balaban J connectivity index is 2.02. The molecule has 0 aromatic carbocycles. The maximum absolute atomic E-state index is 5.63. The average Bonchev–Trinajstić information content (AvgIpc) is 2.31. The minimum atomic E-state index is -0.118. The van der Waals surface area contributed by atoms with Crippen molar-refractivity contribution in [2.75, 3.05) is 19.7 Å². The summed E-state index contributed by atoms with van der Waals surface area (Å²) >= 11 is 0. The maximum atomic E-state index is 5.63. The Morgan fingerprint density at radius 2 is 2.18 bits per heavy atom. The van der Waals surface area contributed by atoms with Crippen LogP contribution in [0.2, 0.25) is 0 Å². The highest BCUT2D eigenvalue weighted by Crippen LogP contribution is 2.21. The molecule has 0 aromatic heterocycles. The summed E-state index contributed by atoms with van der Waals surface area (Å²) in [6, 6.07) is 0.624. The molecule has 64 valence electrons. The lowest BCUT2D eigenvalue weighted by molar-refractivity contribution is -0.101. The Bertz CT molecular complexity index is 158. The molecule has 0 spiro atoms. The van der Waals surface area contributed by atoms with E-state index in [2.05, 4.69) is 24.5 Å². The van der Waals surface area contributed by atoms with Gasteiger partial charge in [-0.2, -0.15) is 0 Å². The van der Waals surface area contributed by atoms with Gasteiger partial charge in [-0.3, -0.25) is 5.32 Å². The van der Waals surface area contributed by atoms with Crippen molar-refractivity contribution in [1.29, 1.82) is 0 Å². The van der Waals surface area contributed by atoms with Gasteiger partial charge >= 0.3 is 0 Å². The highest BCUT2D eigenvalue weighted by atomic mass is 16.5. The second-order valence-corrected chi connectivity index (χ2v) is 3.99. The standard InChI is InChI=1S/C8H16N2O/c1-8(2)10-7-4-9-3-6(7)5-11-8/h6-7,9-10H,3-5H2,1-2H3. The van der Waals surface area contributed by atoms with Crippen molar-refractivity contribution in [1.82, 2.24) is 10.6 Å². The predicted molar refractivity (Wildman–Crippen MR) is 43.3 cm³/mol. The lowest BCUT2D eigenvalue weighted by atomic mass is 10.0. The molecule has 2 rings (SSSR count). The minimum absolute atomic E-state index is 0.118. The van der Waals surface area contributed by atoms with Crippen LogP contribution in [0.25, 0.3) is 0 Å². The van der Waals surface area contributed by atoms with Gasteiger partial charge in [-0.05, 0) is 13.8 Å². The molecule has 0 aliphatic carbocycles. The topological polar surface area (TPSA) is 33.3 Å². The van der Waals surface area contributed by atoms with Crippen LogP contribution in [0.15, 0.2) is 0 Å². The van der Waals surface area contributed by atoms with E-state index in [0.29, 0.717) is 12.0 Å². The summed E-state index contributed by atoms with van der Waals surface area (Å²) in [7, 11) is 0. The summed E-state index contributed by atoms with van der Waals surface area (Å²) in [5, 5.41) is 6.83. The first-order valence-electron chi connectivity index (χ1n) is 4.30. The Labute approximate surface area is 67.5 Å². The third-order valence-electron chi connectivity index (χ3n) is 2.53. The highest BCUT2D eigenvalue weighted by Gasteiger charge is 2.37. The summed E-state index contributed by atoms with van der Waals surface area (Å²) in [6.45, 7) is 7.27. The van der Waals surface area contributed by atoms with Gasteiger partial charge in [-0.1, -0.05) is 0 Å². The van der Waals surface area contributed by atoms with Crippen LogP contribution in [-0.4, -0.2) is 31.5 Å². The molecule has 2 aliphatic heterocycles. The van der Waals surface area contributed by atoms with Gasteiger partial charge in [0.2, 0.25) is 0 Å². The molecule has 2 aliphatic rings. The first-order valence-corrected chi connectivity index (χ1v) is 4.30. The van der Waals surface area contributed by atoms with Crippen LogP contribution in [0.5, 0.6) is 0 Å². The van der Waals surface area contributed by atoms with Crippen LogP contribution in [0.4, 0.5) is 0 Å². The van der Waals surface area contributed by atoms with Gasteiger partial charge in [0.1, 0.15) is 5.72 Å². The van der Waals surface area contributed by atoms with Gasteiger partial charge in [0.05, 0.1) is 6.61 Å². The number of hydrogen-bond donors (Lipinski definition) is 2. The van der Waals surface area contributed by atoms with Gasteiger partial charge in [0, 0.05) is 25.0 Å². The molecule has 2 N–H and O–H groups in total. The Kier molecular flexibility index (Phi) is 1.67. The molecule has 3 nitrogen and oxygen atoms in total. The quantitative estimate of drug-likeness (QED) is 0.515. The Hall–Kier alpha value is -0.120. The van der Waals surface area contributed by atoms with E-state index in [1.54, 1.807) is 0 Å². The van der Waals surface area contributed by atoms with Crippen molar-refractivity contribution >= 4 is 0 Å². The zero-order valence-electron chi connectivity index (χ0n) is 7.18. The number of ether oxygens (including phenoxy) is 1. The minimum Gasteiger partial charge on any atom is -0.361 e. The van der Waals surface area contributed by atoms with Crippen molar-refractivity contribution in [3.8, 4) is 0 Å². The lowest BCUT2D eigenvalue weighted by Crippen LogP contribution is -2.56. The lowest BCUT2D eigenvalue weighted by Gasteiger charge is -2.38. The second kappa shape index (κ2) is 2.44. The van der Waals surface area contributed by atoms with E-state index in [0.717, 1.165) is 19.7 Å². The molecule has 2 saturated heterocycles. The van der Waals surface area contributed by atoms with Crippen molar-refractivity contribution in [3.63, 3.8) is 0 Å². The first kappa shape index (κ1) is 7.53. The molecule has 0 saturated carbocycles. The number of rotatable bonds is 0. The Morgan fingerprint density at radius 3 is 3.00 bits per heavy atom. The van der Waals surface area contributed by atoms with Crippen LogP contribution in [-0.2, 0) is 4.74 Å². The van der Waals surface area contributed by atoms with Crippen LogP contribution < -0.4 is 10.6 Å². The molecule has 11 heavy (non-hydrogen) atoms. The number of fused-ring (bicyclic) bond motifs is 1. The third kappa shape index (κ3) is 1.41. The van der Waals surface area contributed by atoms with E-state index in [-0.39, 0.29) is 5.72 Å². The van der Waals surface area contributed by atoms with Crippen molar-refractivity contribution in [3.05, 3.63) is 0 Å². The molecule has 2 heterocycles. The van der Waals surface area contributed by atoms with Crippen LogP contribution in [0.1, 0.15) is 13.8 Å². The zero-order chi connectivity index (χ0) is 7.90. The van der Waals surface area contributed by atoms with Gasteiger partial charge < -0.3 is 10.1 Å². The van der Waals surface area contributed by atoms with E-state index in [9.17, 15) is 0 Å². The molecule has 0 amide bonds. The molecule has 3 heteroatoms. The fourth-order valence-electron chi connectivity index (χ4n) is 1.88. The first-order chi connectivity index (χ1) is 5.17. The predicted octanol–water partition coefficient (Wildman–Crippen LogP) is -0.0697. The van der Waals surface area contributed by atoms with Crippen molar-refractivity contribution in [2.45, 2.75) is 25.6 Å². The smallest absolute Gasteiger partial charge is 0.113 e. The van der Waals surface area contributed by atoms with Crippen molar-refractivity contribution < 1.29 is 4.74 Å². The summed E-state index contributed by atoms with van der Waals surface area (Å²) in [5.41, 5.74) is -0.118. The van der Waals surface area contributed by atoms with E-state index >= 15 is 0 Å². The van der Waals surface area contributed by atoms with Gasteiger partial charge in [0.25, 0.3) is 0 Å². The molecule has 0 radical (unpaired) electrons. The molecule has 2 unspecified atom stereocenters. The normalized spacial score (nSPS) is 42.0. The molecule has 2 fully saturated rings. The number of nitrogens with one attached hydrogen (secondary N) is 2. The summed E-state index contributed by atoms with van der Waals surface area (Å²) < 4.78 is 5.63. The van der Waals surface area contributed by atoms with E-state index < -0.39 is 0 Å². The molecule has 2 atom stereocenters. The van der Waals surface area contributed by atoms with Gasteiger partial charge in [0.15, 0.2) is 0 Å². The number of hydrogen-bond acceptors (Lipinski definition) is 3. The van der Waals surface area contributed by atoms with Gasteiger partial charge in [-0.15, -0.1) is 0 Å². The molecular formula is C8H16N2O. The van der Waals surface area contributed by atoms with Crippen LogP contribution in [0.3, 0.4) is 0 Å². The summed E-state index contributed by atoms with van der Waals surface area (Å²) in [4.78, 5) is 0. The molecular weight excluding hydrogens is 140 g/mol. The molecule has 0 bridgehead atoms. The SMILES string of the molecule is CC1(C)NC2CNCC2CO1. The maximum Gasteiger partial charge on any atom is 0.113 e.